The van der Waals surface area contributed by atoms with Gasteiger partial charge >= 0.3 is 0 Å². The average Bonchev–Trinajstić information content (AvgIpc) is 2.67. The van der Waals surface area contributed by atoms with Gasteiger partial charge in [-0.1, -0.05) is 40.2 Å². The monoisotopic (exact) mass is 427 g/mol. The van der Waals surface area contributed by atoms with Crippen molar-refractivity contribution in [1.82, 2.24) is 5.32 Å². The highest BCUT2D eigenvalue weighted by molar-refractivity contribution is 9.10. The van der Waals surface area contributed by atoms with Crippen LogP contribution < -0.4 is 14.8 Å². The van der Waals surface area contributed by atoms with Crippen LogP contribution in [0.1, 0.15) is 15.9 Å². The first-order chi connectivity index (χ1) is 13.1. The van der Waals surface area contributed by atoms with Crippen molar-refractivity contribution in [2.75, 3.05) is 7.11 Å². The third-order valence-corrected chi connectivity index (χ3v) is 4.35. The molecule has 0 aromatic heterocycles. The molecule has 1 amide bonds. The number of hydrogen-bond donors (Lipinski definition) is 2. The summed E-state index contributed by atoms with van der Waals surface area (Å²) in [6.07, 6.45) is 0. The van der Waals surface area contributed by atoms with Gasteiger partial charge in [-0.25, -0.2) is 0 Å². The van der Waals surface area contributed by atoms with Gasteiger partial charge in [-0.2, -0.15) is 0 Å². The molecule has 0 heterocycles. The van der Waals surface area contributed by atoms with Crippen molar-refractivity contribution in [3.05, 3.63) is 82.3 Å². The van der Waals surface area contributed by atoms with Crippen LogP contribution in [0.25, 0.3) is 0 Å². The SMILES string of the molecule is COc1cc(CNC(=O)c2ccccc2Oc2cccc(Br)c2)ccc1O. The minimum atomic E-state index is -0.257. The minimum Gasteiger partial charge on any atom is -0.504 e. The first-order valence-corrected chi connectivity index (χ1v) is 9.02. The average molecular weight is 428 g/mol. The predicted molar refractivity (Wildman–Crippen MR) is 106 cm³/mol. The Labute approximate surface area is 165 Å². The van der Waals surface area contributed by atoms with E-state index in [1.54, 1.807) is 30.3 Å². The van der Waals surface area contributed by atoms with Crippen LogP contribution in [0, 0.1) is 0 Å². The molecule has 0 bridgehead atoms. The van der Waals surface area contributed by atoms with Gasteiger partial charge < -0.3 is 19.9 Å². The Bertz CT molecular complexity index is 958. The van der Waals surface area contributed by atoms with Gasteiger partial charge in [-0.15, -0.1) is 0 Å². The third kappa shape index (κ3) is 4.80. The molecular weight excluding hydrogens is 410 g/mol. The zero-order valence-corrected chi connectivity index (χ0v) is 16.2. The predicted octanol–water partition coefficient (Wildman–Crippen LogP) is 4.89. The van der Waals surface area contributed by atoms with Crippen molar-refractivity contribution in [3.8, 4) is 23.0 Å². The fraction of sp³-hybridized carbons (Fsp3) is 0.0952. The third-order valence-electron chi connectivity index (χ3n) is 3.85. The van der Waals surface area contributed by atoms with E-state index in [4.69, 9.17) is 9.47 Å². The molecule has 138 valence electrons. The summed E-state index contributed by atoms with van der Waals surface area (Å²) in [6, 6.07) is 19.4. The van der Waals surface area contributed by atoms with E-state index < -0.39 is 0 Å². The highest BCUT2D eigenvalue weighted by atomic mass is 79.9. The van der Waals surface area contributed by atoms with E-state index in [-0.39, 0.29) is 11.7 Å². The summed E-state index contributed by atoms with van der Waals surface area (Å²) < 4.78 is 11.8. The minimum absolute atomic E-state index is 0.0559. The summed E-state index contributed by atoms with van der Waals surface area (Å²) in [4.78, 5) is 12.6. The first-order valence-electron chi connectivity index (χ1n) is 8.23. The number of carbonyl (C=O) groups is 1. The van der Waals surface area contributed by atoms with Gasteiger partial charge in [0.2, 0.25) is 0 Å². The van der Waals surface area contributed by atoms with Crippen molar-refractivity contribution in [2.45, 2.75) is 6.54 Å². The summed E-state index contributed by atoms with van der Waals surface area (Å²) in [5.74, 6) is 1.26. The molecule has 2 N–H and O–H groups in total. The molecule has 0 saturated carbocycles. The van der Waals surface area contributed by atoms with Crippen molar-refractivity contribution in [2.24, 2.45) is 0 Å². The van der Waals surface area contributed by atoms with Gasteiger partial charge in [-0.05, 0) is 48.0 Å². The van der Waals surface area contributed by atoms with Gasteiger partial charge in [0, 0.05) is 11.0 Å². The van der Waals surface area contributed by atoms with Crippen molar-refractivity contribution >= 4 is 21.8 Å². The fourth-order valence-corrected chi connectivity index (χ4v) is 2.89. The number of para-hydroxylation sites is 1. The van der Waals surface area contributed by atoms with Crippen LogP contribution in [0.5, 0.6) is 23.0 Å². The zero-order valence-electron chi connectivity index (χ0n) is 14.6. The number of nitrogens with one attached hydrogen (secondary N) is 1. The largest absolute Gasteiger partial charge is 0.504 e. The maximum absolute atomic E-state index is 12.6. The van der Waals surface area contributed by atoms with Crippen LogP contribution in [-0.2, 0) is 6.54 Å². The highest BCUT2D eigenvalue weighted by Crippen LogP contribution is 2.28. The van der Waals surface area contributed by atoms with Crippen LogP contribution in [0.2, 0.25) is 0 Å². The summed E-state index contributed by atoms with van der Waals surface area (Å²) >= 11 is 3.40. The quantitative estimate of drug-likeness (QED) is 0.587. The number of hydrogen-bond acceptors (Lipinski definition) is 4. The van der Waals surface area contributed by atoms with Crippen LogP contribution in [0.4, 0.5) is 0 Å². The summed E-state index contributed by atoms with van der Waals surface area (Å²) in [7, 11) is 1.48. The molecule has 3 rings (SSSR count). The normalized spacial score (nSPS) is 10.3. The number of phenolic OH excluding ortho intramolecular Hbond substituents is 1. The topological polar surface area (TPSA) is 67.8 Å². The van der Waals surface area contributed by atoms with E-state index in [0.29, 0.717) is 29.4 Å². The number of benzene rings is 3. The molecule has 0 aliphatic rings. The second-order valence-electron chi connectivity index (χ2n) is 5.74. The maximum Gasteiger partial charge on any atom is 0.255 e. The molecule has 3 aromatic rings. The molecule has 0 aliphatic carbocycles. The Balaban J connectivity index is 1.73. The Morgan fingerprint density at radius 2 is 1.85 bits per heavy atom. The number of rotatable bonds is 6. The van der Waals surface area contributed by atoms with Crippen LogP contribution in [0.15, 0.2) is 71.2 Å². The molecule has 0 spiro atoms. The zero-order chi connectivity index (χ0) is 19.2. The molecular formula is C21H18BrNO4. The second-order valence-corrected chi connectivity index (χ2v) is 6.66. The molecule has 0 atom stereocenters. The van der Waals surface area contributed by atoms with E-state index in [2.05, 4.69) is 21.2 Å². The highest BCUT2D eigenvalue weighted by Gasteiger charge is 2.13. The number of ether oxygens (including phenoxy) is 2. The Hall–Kier alpha value is -2.99. The summed E-state index contributed by atoms with van der Waals surface area (Å²) in [5.41, 5.74) is 1.24. The lowest BCUT2D eigenvalue weighted by Crippen LogP contribution is -2.23. The standard InChI is InChI=1S/C21H18BrNO4/c1-26-20-11-14(9-10-18(20)24)13-23-21(25)17-7-2-3-8-19(17)27-16-6-4-5-15(22)12-16/h2-12,24H,13H2,1H3,(H,23,25). The molecule has 0 aliphatic heterocycles. The Morgan fingerprint density at radius 1 is 1.04 bits per heavy atom. The van der Waals surface area contributed by atoms with Gasteiger partial charge in [0.15, 0.2) is 11.5 Å². The van der Waals surface area contributed by atoms with E-state index in [0.717, 1.165) is 10.0 Å². The number of aromatic hydroxyl groups is 1. The van der Waals surface area contributed by atoms with E-state index in [9.17, 15) is 9.90 Å². The lowest BCUT2D eigenvalue weighted by molar-refractivity contribution is 0.0948. The summed E-state index contributed by atoms with van der Waals surface area (Å²) in [6.45, 7) is 0.292. The molecule has 0 unspecified atom stereocenters. The maximum atomic E-state index is 12.6. The number of methoxy groups -OCH3 is 1. The molecule has 0 saturated heterocycles. The van der Waals surface area contributed by atoms with Crippen molar-refractivity contribution in [3.63, 3.8) is 0 Å². The molecule has 27 heavy (non-hydrogen) atoms. The number of phenols is 1. The van der Waals surface area contributed by atoms with Crippen molar-refractivity contribution < 1.29 is 19.4 Å². The molecule has 5 nitrogen and oxygen atoms in total. The number of carbonyl (C=O) groups excluding carboxylic acids is 1. The molecule has 0 fully saturated rings. The summed E-state index contributed by atoms with van der Waals surface area (Å²) in [5, 5.41) is 12.5. The lowest BCUT2D eigenvalue weighted by atomic mass is 10.1. The lowest BCUT2D eigenvalue weighted by Gasteiger charge is -2.12. The van der Waals surface area contributed by atoms with Crippen molar-refractivity contribution in [1.29, 1.82) is 0 Å². The molecule has 0 radical (unpaired) electrons. The number of amides is 1. The Morgan fingerprint density at radius 3 is 2.63 bits per heavy atom. The van der Waals surface area contributed by atoms with Gasteiger partial charge in [-0.3, -0.25) is 4.79 Å². The second kappa shape index (κ2) is 8.60. The van der Waals surface area contributed by atoms with Gasteiger partial charge in [0.25, 0.3) is 5.91 Å². The van der Waals surface area contributed by atoms with Crippen LogP contribution in [-0.4, -0.2) is 18.1 Å². The Kier molecular flexibility index (Phi) is 5.98. The fourth-order valence-electron chi connectivity index (χ4n) is 2.51. The van der Waals surface area contributed by atoms with E-state index >= 15 is 0 Å². The smallest absolute Gasteiger partial charge is 0.255 e. The van der Waals surface area contributed by atoms with Gasteiger partial charge in [0.05, 0.1) is 12.7 Å². The first kappa shape index (κ1) is 18.8. The van der Waals surface area contributed by atoms with Crippen LogP contribution in [0.3, 0.4) is 0 Å². The van der Waals surface area contributed by atoms with E-state index in [1.807, 2.05) is 30.3 Å². The molecule has 3 aromatic carbocycles. The van der Waals surface area contributed by atoms with Crippen LogP contribution >= 0.6 is 15.9 Å². The molecule has 6 heteroatoms. The van der Waals surface area contributed by atoms with E-state index in [1.165, 1.54) is 13.2 Å². The van der Waals surface area contributed by atoms with Gasteiger partial charge in [0.1, 0.15) is 11.5 Å². The number of halogens is 1.